The maximum absolute atomic E-state index is 13.3. The molecule has 1 heterocycles. The number of carboxylic acid groups (broad SMARTS) is 1. The Hall–Kier alpha value is -1.47. The highest BCUT2D eigenvalue weighted by molar-refractivity contribution is 9.10. The fourth-order valence-corrected chi connectivity index (χ4v) is 2.75. The number of hydrogen-bond donors (Lipinski definition) is 2. The van der Waals surface area contributed by atoms with Crippen molar-refractivity contribution < 1.29 is 14.3 Å². The Bertz CT molecular complexity index is 657. The molecule has 100 valence electrons. The Morgan fingerprint density at radius 2 is 2.16 bits per heavy atom. The largest absolute Gasteiger partial charge is 0.478 e. The predicted molar refractivity (Wildman–Crippen MR) is 75.9 cm³/mol. The first-order valence-corrected chi connectivity index (χ1v) is 6.89. The molecule has 2 rings (SSSR count). The molecule has 0 bridgehead atoms. The van der Waals surface area contributed by atoms with Gasteiger partial charge in [-0.05, 0) is 59.0 Å². The number of aromatic carboxylic acids is 1. The van der Waals surface area contributed by atoms with Gasteiger partial charge in [0, 0.05) is 5.69 Å². The minimum atomic E-state index is -1.03. The van der Waals surface area contributed by atoms with E-state index in [-0.39, 0.29) is 11.4 Å². The van der Waals surface area contributed by atoms with Gasteiger partial charge in [0.2, 0.25) is 0 Å². The summed E-state index contributed by atoms with van der Waals surface area (Å²) in [6.45, 7) is 3.38. The van der Waals surface area contributed by atoms with Crippen LogP contribution >= 0.6 is 27.5 Å². The van der Waals surface area contributed by atoms with E-state index in [1.165, 1.54) is 6.07 Å². The number of carboxylic acids is 1. The van der Waals surface area contributed by atoms with Crippen molar-refractivity contribution in [3.8, 4) is 0 Å². The molecule has 0 radical (unpaired) electrons. The number of carbonyl (C=O) groups is 1. The lowest BCUT2D eigenvalue weighted by Gasteiger charge is -2.09. The van der Waals surface area contributed by atoms with Gasteiger partial charge in [-0.25, -0.2) is 9.18 Å². The van der Waals surface area contributed by atoms with E-state index in [9.17, 15) is 9.18 Å². The van der Waals surface area contributed by atoms with Crippen LogP contribution in [0.2, 0.25) is 0 Å². The topological polar surface area (TPSA) is 62.2 Å². The molecule has 0 saturated carbocycles. The zero-order valence-electron chi connectivity index (χ0n) is 10.1. The van der Waals surface area contributed by atoms with Crippen molar-refractivity contribution in [2.75, 3.05) is 5.32 Å². The van der Waals surface area contributed by atoms with Gasteiger partial charge in [0.25, 0.3) is 0 Å². The maximum Gasteiger partial charge on any atom is 0.340 e. The van der Waals surface area contributed by atoms with E-state index in [0.29, 0.717) is 26.4 Å². The van der Waals surface area contributed by atoms with Gasteiger partial charge in [0.05, 0.1) is 10.2 Å². The van der Waals surface area contributed by atoms with Gasteiger partial charge in [-0.15, -0.1) is 0 Å². The van der Waals surface area contributed by atoms with Crippen LogP contribution in [0.5, 0.6) is 0 Å². The summed E-state index contributed by atoms with van der Waals surface area (Å²) in [5.74, 6) is -1.39. The third-order valence-corrected chi connectivity index (χ3v) is 4.05. The molecule has 0 aliphatic heterocycles. The van der Waals surface area contributed by atoms with Crippen LogP contribution in [-0.2, 0) is 0 Å². The van der Waals surface area contributed by atoms with Crippen LogP contribution in [-0.4, -0.2) is 15.4 Å². The Labute approximate surface area is 121 Å². The zero-order chi connectivity index (χ0) is 14.2. The van der Waals surface area contributed by atoms with Crippen LogP contribution in [0, 0.1) is 19.7 Å². The van der Waals surface area contributed by atoms with Gasteiger partial charge in [-0.3, -0.25) is 0 Å². The Kier molecular flexibility index (Phi) is 3.86. The van der Waals surface area contributed by atoms with Crippen molar-refractivity contribution in [3.05, 3.63) is 39.2 Å². The smallest absolute Gasteiger partial charge is 0.340 e. The molecule has 1 aromatic carbocycles. The molecule has 0 aliphatic rings. The minimum absolute atomic E-state index is 0.143. The van der Waals surface area contributed by atoms with E-state index in [2.05, 4.69) is 25.6 Å². The summed E-state index contributed by atoms with van der Waals surface area (Å²) in [7, 11) is 0. The normalized spacial score (nSPS) is 10.5. The van der Waals surface area contributed by atoms with Crippen LogP contribution < -0.4 is 5.32 Å². The molecule has 1 aromatic heterocycles. The van der Waals surface area contributed by atoms with Crippen LogP contribution in [0.4, 0.5) is 15.1 Å². The Balaban J connectivity index is 2.42. The Morgan fingerprint density at radius 1 is 1.47 bits per heavy atom. The summed E-state index contributed by atoms with van der Waals surface area (Å²) < 4.78 is 17.7. The molecular formula is C12H10BrFN2O2S. The third kappa shape index (κ3) is 2.76. The third-order valence-electron chi connectivity index (χ3n) is 2.59. The number of aromatic nitrogens is 1. The maximum atomic E-state index is 13.3. The molecule has 2 N–H and O–H groups in total. The number of hydrogen-bond acceptors (Lipinski definition) is 4. The van der Waals surface area contributed by atoms with Gasteiger partial charge >= 0.3 is 5.97 Å². The summed E-state index contributed by atoms with van der Waals surface area (Å²) in [5, 5.41) is 12.6. The molecular weight excluding hydrogens is 335 g/mol. The highest BCUT2D eigenvalue weighted by Crippen LogP contribution is 2.31. The molecule has 2 aromatic rings. The SMILES string of the molecule is Cc1cc(F)c(Br)cc1Nc1snc(C)c1C(=O)O. The van der Waals surface area contributed by atoms with Crippen molar-refractivity contribution in [1.29, 1.82) is 0 Å². The molecule has 0 spiro atoms. The van der Waals surface area contributed by atoms with Crippen molar-refractivity contribution in [3.63, 3.8) is 0 Å². The standard InChI is InChI=1S/C12H10BrFN2O2S/c1-5-3-8(14)7(13)4-9(5)15-11-10(12(17)18)6(2)16-19-11/h3-4,15H,1-2H3,(H,17,18). The summed E-state index contributed by atoms with van der Waals surface area (Å²) in [6, 6.07) is 2.95. The first-order valence-electron chi connectivity index (χ1n) is 5.32. The second-order valence-electron chi connectivity index (χ2n) is 3.98. The lowest BCUT2D eigenvalue weighted by molar-refractivity contribution is 0.0697. The number of nitrogens with zero attached hydrogens (tertiary/aromatic N) is 1. The van der Waals surface area contributed by atoms with E-state index in [4.69, 9.17) is 5.11 Å². The quantitative estimate of drug-likeness (QED) is 0.879. The fraction of sp³-hybridized carbons (Fsp3) is 0.167. The van der Waals surface area contributed by atoms with E-state index < -0.39 is 5.97 Å². The second kappa shape index (κ2) is 5.26. The molecule has 0 unspecified atom stereocenters. The van der Waals surface area contributed by atoms with Crippen LogP contribution in [0.15, 0.2) is 16.6 Å². The summed E-state index contributed by atoms with van der Waals surface area (Å²) in [6.07, 6.45) is 0. The molecule has 0 fully saturated rings. The van der Waals surface area contributed by atoms with Crippen molar-refractivity contribution in [2.24, 2.45) is 0 Å². The van der Waals surface area contributed by atoms with Crippen LogP contribution in [0.25, 0.3) is 0 Å². The Morgan fingerprint density at radius 3 is 2.79 bits per heavy atom. The average Bonchev–Trinajstić information content (AvgIpc) is 2.67. The number of nitrogens with one attached hydrogen (secondary N) is 1. The predicted octanol–water partition coefficient (Wildman–Crippen LogP) is 4.10. The minimum Gasteiger partial charge on any atom is -0.478 e. The molecule has 0 amide bonds. The summed E-state index contributed by atoms with van der Waals surface area (Å²) >= 11 is 4.17. The molecule has 0 aliphatic carbocycles. The van der Waals surface area contributed by atoms with E-state index >= 15 is 0 Å². The molecule has 0 saturated heterocycles. The van der Waals surface area contributed by atoms with E-state index in [1.807, 2.05) is 0 Å². The number of rotatable bonds is 3. The van der Waals surface area contributed by atoms with Gasteiger partial charge < -0.3 is 10.4 Å². The lowest BCUT2D eigenvalue weighted by Crippen LogP contribution is -2.02. The van der Waals surface area contributed by atoms with E-state index in [1.54, 1.807) is 19.9 Å². The van der Waals surface area contributed by atoms with E-state index in [0.717, 1.165) is 11.5 Å². The second-order valence-corrected chi connectivity index (χ2v) is 5.61. The van der Waals surface area contributed by atoms with Crippen molar-refractivity contribution in [1.82, 2.24) is 4.37 Å². The number of anilines is 2. The van der Waals surface area contributed by atoms with Crippen LogP contribution in [0.3, 0.4) is 0 Å². The van der Waals surface area contributed by atoms with Gasteiger partial charge in [0.15, 0.2) is 0 Å². The van der Waals surface area contributed by atoms with Crippen LogP contribution in [0.1, 0.15) is 21.6 Å². The highest BCUT2D eigenvalue weighted by Gasteiger charge is 2.18. The van der Waals surface area contributed by atoms with Crippen molar-refractivity contribution in [2.45, 2.75) is 13.8 Å². The lowest BCUT2D eigenvalue weighted by atomic mass is 10.2. The number of aryl methyl sites for hydroxylation is 2. The summed E-state index contributed by atoms with van der Waals surface area (Å²) in [4.78, 5) is 11.2. The molecule has 19 heavy (non-hydrogen) atoms. The molecule has 0 atom stereocenters. The fourth-order valence-electron chi connectivity index (χ4n) is 1.61. The summed E-state index contributed by atoms with van der Waals surface area (Å²) in [5.41, 5.74) is 1.92. The first kappa shape index (κ1) is 14.0. The number of halogens is 2. The first-order chi connectivity index (χ1) is 8.90. The monoisotopic (exact) mass is 344 g/mol. The zero-order valence-corrected chi connectivity index (χ0v) is 12.5. The van der Waals surface area contributed by atoms with Gasteiger partial charge in [-0.2, -0.15) is 4.37 Å². The van der Waals surface area contributed by atoms with Gasteiger partial charge in [-0.1, -0.05) is 0 Å². The average molecular weight is 345 g/mol. The molecule has 7 heteroatoms. The van der Waals surface area contributed by atoms with Crippen molar-refractivity contribution >= 4 is 44.1 Å². The number of benzene rings is 1. The highest BCUT2D eigenvalue weighted by atomic mass is 79.9. The van der Waals surface area contributed by atoms with Gasteiger partial charge in [0.1, 0.15) is 16.4 Å². The molecule has 4 nitrogen and oxygen atoms in total.